The fraction of sp³-hybridized carbons (Fsp3) is 0.471. The zero-order valence-electron chi connectivity index (χ0n) is 22.6. The molecule has 0 N–H and O–H groups in total. The van der Waals surface area contributed by atoms with E-state index in [0.29, 0.717) is 0 Å². The van der Waals surface area contributed by atoms with E-state index in [1.807, 2.05) is 0 Å². The van der Waals surface area contributed by atoms with Gasteiger partial charge < -0.3 is 0 Å². The highest BCUT2D eigenvalue weighted by Gasteiger charge is 2.33. The van der Waals surface area contributed by atoms with E-state index in [1.165, 1.54) is 112 Å². The summed E-state index contributed by atoms with van der Waals surface area (Å²) in [6.45, 7) is 2.30. The Morgan fingerprint density at radius 2 is 0.667 bits per heavy atom. The maximum absolute atomic E-state index is 2.37. The minimum Gasteiger partial charge on any atom is -0.114 e. The molecule has 0 bridgehead atoms. The standard InChI is InChI=1S/C34H48P.BrH/c1-2-3-4-5-6-7-8-9-10-11-12-13-14-24-31-35(32-25-18-15-19-26-32,33-27-20-16-21-28-33)34-29-22-17-23-30-34;/h15-23,25-30H,2-14,24,31H2,1H3;1H. The van der Waals surface area contributed by atoms with E-state index in [9.17, 15) is 0 Å². The summed E-state index contributed by atoms with van der Waals surface area (Å²) in [7, 11) is -1.64. The lowest BCUT2D eigenvalue weighted by molar-refractivity contribution is 0.538. The lowest BCUT2D eigenvalue weighted by Gasteiger charge is -2.38. The molecule has 0 fully saturated rings. The third-order valence-corrected chi connectivity index (χ3v) is 12.0. The van der Waals surface area contributed by atoms with Crippen molar-refractivity contribution < 1.29 is 0 Å². The first-order chi connectivity index (χ1) is 17.4. The smallest absolute Gasteiger partial charge is 0.0196 e. The third kappa shape index (κ3) is 9.79. The molecule has 2 heteroatoms. The summed E-state index contributed by atoms with van der Waals surface area (Å²) in [5, 5.41) is 4.56. The van der Waals surface area contributed by atoms with Crippen molar-refractivity contribution in [2.75, 3.05) is 6.16 Å². The van der Waals surface area contributed by atoms with Crippen molar-refractivity contribution in [3.8, 4) is 0 Å². The number of unbranched alkanes of at least 4 members (excludes halogenated alkanes) is 13. The van der Waals surface area contributed by atoms with Gasteiger partial charge in [0.05, 0.1) is 0 Å². The van der Waals surface area contributed by atoms with Crippen molar-refractivity contribution in [1.29, 1.82) is 0 Å². The Morgan fingerprint density at radius 1 is 0.389 bits per heavy atom. The summed E-state index contributed by atoms with van der Waals surface area (Å²) in [5.41, 5.74) is 0. The van der Waals surface area contributed by atoms with Gasteiger partial charge in [0, 0.05) is 0 Å². The van der Waals surface area contributed by atoms with Crippen LogP contribution in [0.4, 0.5) is 0 Å². The number of hydrogen-bond donors (Lipinski definition) is 0. The largest absolute Gasteiger partial charge is 0.114 e. The van der Waals surface area contributed by atoms with E-state index in [1.54, 1.807) is 0 Å². The van der Waals surface area contributed by atoms with Gasteiger partial charge in [0.1, 0.15) is 0 Å². The fourth-order valence-electron chi connectivity index (χ4n) is 5.43. The Hall–Kier alpha value is -1.43. The zero-order chi connectivity index (χ0) is 24.4. The summed E-state index contributed by atoms with van der Waals surface area (Å²) >= 11 is 0. The van der Waals surface area contributed by atoms with Crippen LogP contribution in [0.3, 0.4) is 0 Å². The Kier molecular flexibility index (Phi) is 16.0. The van der Waals surface area contributed by atoms with Crippen molar-refractivity contribution in [1.82, 2.24) is 0 Å². The van der Waals surface area contributed by atoms with Crippen LogP contribution >= 0.6 is 24.2 Å². The van der Waals surface area contributed by atoms with E-state index in [4.69, 9.17) is 0 Å². The predicted octanol–water partition coefficient (Wildman–Crippen LogP) is 10.0. The number of rotatable bonds is 18. The average Bonchev–Trinajstić information content (AvgIpc) is 2.93. The van der Waals surface area contributed by atoms with E-state index in [2.05, 4.69) is 97.9 Å². The van der Waals surface area contributed by atoms with Crippen LogP contribution in [0.15, 0.2) is 91.0 Å². The summed E-state index contributed by atoms with van der Waals surface area (Å²) < 4.78 is 0. The molecule has 0 spiro atoms. The van der Waals surface area contributed by atoms with Gasteiger partial charge in [-0.05, 0) is 35.8 Å². The Morgan fingerprint density at radius 3 is 0.972 bits per heavy atom. The van der Waals surface area contributed by atoms with Crippen LogP contribution in [-0.2, 0) is 0 Å². The van der Waals surface area contributed by atoms with E-state index in [-0.39, 0.29) is 17.0 Å². The molecular weight excluding hydrogens is 519 g/mol. The molecule has 0 saturated carbocycles. The maximum atomic E-state index is 2.37. The molecule has 0 aliphatic carbocycles. The van der Waals surface area contributed by atoms with Gasteiger partial charge in [-0.3, -0.25) is 0 Å². The fourth-order valence-corrected chi connectivity index (χ4v) is 9.84. The minimum absolute atomic E-state index is 0. The molecule has 0 aliphatic rings. The van der Waals surface area contributed by atoms with Gasteiger partial charge in [-0.2, -0.15) is 0 Å². The highest BCUT2D eigenvalue weighted by atomic mass is 79.9. The monoisotopic (exact) mass is 567 g/mol. The highest BCUT2D eigenvalue weighted by molar-refractivity contribution is 8.93. The second-order valence-corrected chi connectivity index (χ2v) is 13.8. The van der Waals surface area contributed by atoms with Crippen LogP contribution in [-0.4, -0.2) is 6.16 Å². The van der Waals surface area contributed by atoms with Crippen molar-refractivity contribution in [2.24, 2.45) is 0 Å². The predicted molar refractivity (Wildman–Crippen MR) is 171 cm³/mol. The van der Waals surface area contributed by atoms with Crippen LogP contribution in [0.5, 0.6) is 0 Å². The first kappa shape index (κ1) is 30.8. The topological polar surface area (TPSA) is 0 Å². The van der Waals surface area contributed by atoms with Crippen LogP contribution < -0.4 is 15.9 Å². The van der Waals surface area contributed by atoms with Crippen molar-refractivity contribution in [3.63, 3.8) is 0 Å². The third-order valence-electron chi connectivity index (χ3n) is 7.44. The first-order valence-corrected chi connectivity index (χ1v) is 16.4. The summed E-state index contributed by atoms with van der Waals surface area (Å²) in [4.78, 5) is 0. The minimum atomic E-state index is -1.64. The molecule has 0 amide bonds. The maximum Gasteiger partial charge on any atom is -0.0196 e. The molecule has 0 aromatic heterocycles. The Balaban J connectivity index is 0.00000456. The summed E-state index contributed by atoms with van der Waals surface area (Å²) in [6, 6.07) is 34.0. The van der Waals surface area contributed by atoms with E-state index < -0.39 is 7.26 Å². The molecule has 0 saturated heterocycles. The molecule has 3 rings (SSSR count). The molecule has 0 atom stereocenters. The molecule has 1 radical (unpaired) electrons. The van der Waals surface area contributed by atoms with Crippen LogP contribution in [0.2, 0.25) is 0 Å². The van der Waals surface area contributed by atoms with Crippen molar-refractivity contribution in [3.05, 3.63) is 91.0 Å². The molecule has 197 valence electrons. The lowest BCUT2D eigenvalue weighted by atomic mass is 10.0. The summed E-state index contributed by atoms with van der Waals surface area (Å²) in [5.74, 6) is 0. The molecule has 0 unspecified atom stereocenters. The average molecular weight is 569 g/mol. The molecule has 0 heterocycles. The quantitative estimate of drug-likeness (QED) is 0.106. The lowest BCUT2D eigenvalue weighted by Crippen LogP contribution is -2.33. The van der Waals surface area contributed by atoms with Gasteiger partial charge in [-0.15, -0.1) is 17.0 Å². The number of halogens is 1. The van der Waals surface area contributed by atoms with Crippen LogP contribution in [0.1, 0.15) is 96.8 Å². The molecule has 0 aliphatic heterocycles. The molecular formula is C34H49BrP. The van der Waals surface area contributed by atoms with Crippen LogP contribution in [0.25, 0.3) is 0 Å². The second kappa shape index (κ2) is 18.8. The van der Waals surface area contributed by atoms with Gasteiger partial charge in [0.2, 0.25) is 0 Å². The highest BCUT2D eigenvalue weighted by Crippen LogP contribution is 2.56. The van der Waals surface area contributed by atoms with Gasteiger partial charge in [-0.25, -0.2) is 0 Å². The van der Waals surface area contributed by atoms with E-state index in [0.717, 1.165) is 0 Å². The summed E-state index contributed by atoms with van der Waals surface area (Å²) in [6.07, 6.45) is 21.0. The SMILES string of the molecule is Br.CCCCCCCCCCCCCCCC[P](c1ccccc1)(c1ccccc1)c1ccccc1. The Labute approximate surface area is 233 Å². The van der Waals surface area contributed by atoms with Crippen molar-refractivity contribution in [2.45, 2.75) is 96.8 Å². The van der Waals surface area contributed by atoms with Gasteiger partial charge in [0.15, 0.2) is 0 Å². The van der Waals surface area contributed by atoms with Gasteiger partial charge >= 0.3 is 0 Å². The second-order valence-electron chi connectivity index (χ2n) is 10.1. The number of hydrogen-bond acceptors (Lipinski definition) is 0. The van der Waals surface area contributed by atoms with Gasteiger partial charge in [0.25, 0.3) is 0 Å². The molecule has 3 aromatic carbocycles. The number of benzene rings is 3. The van der Waals surface area contributed by atoms with Crippen LogP contribution in [0, 0.1) is 0 Å². The van der Waals surface area contributed by atoms with Gasteiger partial charge in [-0.1, -0.05) is 181 Å². The molecule has 0 nitrogen and oxygen atoms in total. The first-order valence-electron chi connectivity index (χ1n) is 14.4. The van der Waals surface area contributed by atoms with Crippen molar-refractivity contribution >= 4 is 40.2 Å². The zero-order valence-corrected chi connectivity index (χ0v) is 25.2. The molecule has 3 aromatic rings. The Bertz CT molecular complexity index is 798. The normalized spacial score (nSPS) is 11.2. The molecule has 36 heavy (non-hydrogen) atoms. The van der Waals surface area contributed by atoms with E-state index >= 15 is 0 Å².